The number of nitrogens with zero attached hydrogens (tertiary/aromatic N) is 1. The van der Waals surface area contributed by atoms with Gasteiger partial charge in [-0.2, -0.15) is 0 Å². The van der Waals surface area contributed by atoms with Crippen LogP contribution < -0.4 is 10.8 Å². The van der Waals surface area contributed by atoms with Gasteiger partial charge in [-0.1, -0.05) is 11.6 Å². The molecule has 1 aromatic heterocycles. The smallest absolute Gasteiger partial charge is 0.399 e. The number of hydrogen-bond donors (Lipinski definition) is 1. The van der Waals surface area contributed by atoms with Crippen LogP contribution in [0, 0.1) is 0 Å². The largest absolute Gasteiger partial charge is 0.498 e. The third-order valence-electron chi connectivity index (χ3n) is 3.68. The van der Waals surface area contributed by atoms with Crippen molar-refractivity contribution in [1.82, 2.24) is 4.98 Å². The Kier molecular flexibility index (Phi) is 3.34. The van der Waals surface area contributed by atoms with Gasteiger partial charge in [0, 0.05) is 24.4 Å². The van der Waals surface area contributed by atoms with E-state index in [9.17, 15) is 0 Å². The van der Waals surface area contributed by atoms with E-state index in [4.69, 9.17) is 20.9 Å². The summed E-state index contributed by atoms with van der Waals surface area (Å²) in [6.07, 6.45) is 1.69. The van der Waals surface area contributed by atoms with Crippen LogP contribution in [0.15, 0.2) is 12.3 Å². The monoisotopic (exact) mass is 268 g/mol. The molecule has 4 nitrogen and oxygen atoms in total. The second-order valence-corrected chi connectivity index (χ2v) is 5.82. The van der Waals surface area contributed by atoms with Crippen molar-refractivity contribution in [2.75, 3.05) is 12.4 Å². The van der Waals surface area contributed by atoms with E-state index >= 15 is 0 Å². The van der Waals surface area contributed by atoms with Crippen LogP contribution in [0.4, 0.5) is 5.69 Å². The van der Waals surface area contributed by atoms with E-state index in [1.54, 1.807) is 12.3 Å². The first kappa shape index (κ1) is 13.7. The second-order valence-electron chi connectivity index (χ2n) is 5.43. The molecule has 0 atom stereocenters. The third kappa shape index (κ3) is 2.22. The van der Waals surface area contributed by atoms with Crippen molar-refractivity contribution in [1.29, 1.82) is 0 Å². The van der Waals surface area contributed by atoms with E-state index in [0.717, 1.165) is 11.2 Å². The van der Waals surface area contributed by atoms with Crippen LogP contribution in [-0.2, 0) is 9.31 Å². The first-order valence-electron chi connectivity index (χ1n) is 5.96. The van der Waals surface area contributed by atoms with Gasteiger partial charge in [-0.15, -0.1) is 0 Å². The van der Waals surface area contributed by atoms with Gasteiger partial charge >= 0.3 is 7.12 Å². The van der Waals surface area contributed by atoms with Crippen LogP contribution >= 0.6 is 11.6 Å². The molecule has 18 heavy (non-hydrogen) atoms. The van der Waals surface area contributed by atoms with Gasteiger partial charge in [-0.3, -0.25) is 0 Å². The zero-order valence-electron chi connectivity index (χ0n) is 11.4. The number of nitrogens with one attached hydrogen (secondary N) is 1. The number of rotatable bonds is 2. The molecule has 1 saturated heterocycles. The highest BCUT2D eigenvalue weighted by Gasteiger charge is 2.52. The highest BCUT2D eigenvalue weighted by molar-refractivity contribution is 6.64. The minimum absolute atomic E-state index is 0.359. The molecule has 0 unspecified atom stereocenters. The number of halogens is 1. The number of hydrogen-bond acceptors (Lipinski definition) is 4. The third-order valence-corrected chi connectivity index (χ3v) is 3.88. The van der Waals surface area contributed by atoms with Crippen molar-refractivity contribution in [3.05, 3.63) is 17.4 Å². The van der Waals surface area contributed by atoms with E-state index in [-0.39, 0.29) is 11.2 Å². The minimum atomic E-state index is -0.429. The second kappa shape index (κ2) is 4.40. The molecular weight excluding hydrogens is 250 g/mol. The van der Waals surface area contributed by atoms with Crippen LogP contribution in [0.1, 0.15) is 27.7 Å². The maximum atomic E-state index is 5.99. The van der Waals surface area contributed by atoms with E-state index in [1.807, 2.05) is 34.7 Å². The Morgan fingerprint density at radius 1 is 1.22 bits per heavy atom. The lowest BCUT2D eigenvalue weighted by molar-refractivity contribution is 0.00578. The molecule has 1 aromatic rings. The summed E-state index contributed by atoms with van der Waals surface area (Å²) >= 11 is 5.88. The summed E-state index contributed by atoms with van der Waals surface area (Å²) in [5, 5.41) is 3.53. The number of aromatic nitrogens is 1. The Morgan fingerprint density at radius 2 is 1.78 bits per heavy atom. The molecule has 2 rings (SSSR count). The van der Waals surface area contributed by atoms with Crippen LogP contribution in [0.5, 0.6) is 0 Å². The van der Waals surface area contributed by atoms with E-state index in [2.05, 4.69) is 10.3 Å². The molecule has 0 radical (unpaired) electrons. The van der Waals surface area contributed by atoms with Crippen LogP contribution in [0.2, 0.25) is 5.15 Å². The average molecular weight is 269 g/mol. The van der Waals surface area contributed by atoms with Crippen molar-refractivity contribution < 1.29 is 9.31 Å². The normalized spacial score (nSPS) is 21.1. The summed E-state index contributed by atoms with van der Waals surface area (Å²) in [7, 11) is 1.41. The molecule has 1 aliphatic rings. The first-order chi connectivity index (χ1) is 8.27. The first-order valence-corrected chi connectivity index (χ1v) is 6.33. The molecule has 6 heteroatoms. The highest BCUT2D eigenvalue weighted by atomic mass is 35.5. The molecule has 1 aliphatic heterocycles. The van der Waals surface area contributed by atoms with Gasteiger partial charge in [0.25, 0.3) is 0 Å². The molecule has 0 spiro atoms. The summed E-state index contributed by atoms with van der Waals surface area (Å²) in [6.45, 7) is 8.09. The molecule has 0 amide bonds. The Hall–Kier alpha value is -0.775. The molecule has 0 saturated carbocycles. The van der Waals surface area contributed by atoms with E-state index < -0.39 is 7.12 Å². The SMILES string of the molecule is CNc1cc(Cl)ncc1B1OC(C)(C)C(C)(C)O1. The quantitative estimate of drug-likeness (QED) is 0.659. The average Bonchev–Trinajstić information content (AvgIpc) is 2.47. The lowest BCUT2D eigenvalue weighted by atomic mass is 9.79. The highest BCUT2D eigenvalue weighted by Crippen LogP contribution is 2.37. The van der Waals surface area contributed by atoms with Crippen LogP contribution in [0.25, 0.3) is 0 Å². The minimum Gasteiger partial charge on any atom is -0.399 e. The summed E-state index contributed by atoms with van der Waals surface area (Å²) in [6, 6.07) is 1.77. The molecule has 0 bridgehead atoms. The topological polar surface area (TPSA) is 43.4 Å². The molecule has 1 fully saturated rings. The van der Waals surface area contributed by atoms with Crippen molar-refractivity contribution in [2.24, 2.45) is 0 Å². The fourth-order valence-electron chi connectivity index (χ4n) is 1.81. The molecule has 2 heterocycles. The van der Waals surface area contributed by atoms with Gasteiger partial charge in [-0.25, -0.2) is 4.98 Å². The fraction of sp³-hybridized carbons (Fsp3) is 0.583. The predicted octanol–water partition coefficient (Wildman–Crippen LogP) is 2.08. The molecule has 1 N–H and O–H groups in total. The Labute approximate surface area is 113 Å². The van der Waals surface area contributed by atoms with Gasteiger partial charge in [0.05, 0.1) is 11.2 Å². The van der Waals surface area contributed by atoms with Gasteiger partial charge in [0.2, 0.25) is 0 Å². The standard InChI is InChI=1S/C12H18BClN2O2/c1-11(2)12(3,4)18-13(17-11)8-7-16-10(14)6-9(8)15-5/h6-7H,1-5H3,(H,15,16). The van der Waals surface area contributed by atoms with Gasteiger partial charge in [0.15, 0.2) is 0 Å². The summed E-state index contributed by atoms with van der Waals surface area (Å²) < 4.78 is 12.0. The maximum absolute atomic E-state index is 5.99. The summed E-state index contributed by atoms with van der Waals surface area (Å²) in [5.74, 6) is 0. The Morgan fingerprint density at radius 3 is 2.28 bits per heavy atom. The lowest BCUT2D eigenvalue weighted by Gasteiger charge is -2.32. The Bertz CT molecular complexity index is 449. The molecule has 0 aromatic carbocycles. The zero-order valence-corrected chi connectivity index (χ0v) is 12.1. The Balaban J connectivity index is 2.35. The van der Waals surface area contributed by atoms with E-state index in [0.29, 0.717) is 5.15 Å². The van der Waals surface area contributed by atoms with Gasteiger partial charge in [-0.05, 0) is 33.8 Å². The summed E-state index contributed by atoms with van der Waals surface area (Å²) in [4.78, 5) is 4.09. The molecular formula is C12H18BClN2O2. The van der Waals surface area contributed by atoms with Crippen molar-refractivity contribution in [2.45, 2.75) is 38.9 Å². The number of anilines is 1. The van der Waals surface area contributed by atoms with Crippen molar-refractivity contribution in [3.63, 3.8) is 0 Å². The number of pyridine rings is 1. The van der Waals surface area contributed by atoms with Gasteiger partial charge in [0.1, 0.15) is 5.15 Å². The lowest BCUT2D eigenvalue weighted by Crippen LogP contribution is -2.41. The van der Waals surface area contributed by atoms with Crippen LogP contribution in [0.3, 0.4) is 0 Å². The fourth-order valence-corrected chi connectivity index (χ4v) is 1.97. The van der Waals surface area contributed by atoms with Gasteiger partial charge < -0.3 is 14.6 Å². The van der Waals surface area contributed by atoms with Crippen LogP contribution in [-0.4, -0.2) is 30.4 Å². The van der Waals surface area contributed by atoms with Crippen molar-refractivity contribution >= 4 is 29.9 Å². The summed E-state index contributed by atoms with van der Waals surface area (Å²) in [5.41, 5.74) is 1.01. The predicted molar refractivity (Wildman–Crippen MR) is 74.5 cm³/mol. The molecule has 0 aliphatic carbocycles. The van der Waals surface area contributed by atoms with Crippen molar-refractivity contribution in [3.8, 4) is 0 Å². The maximum Gasteiger partial charge on any atom is 0.498 e. The zero-order chi connectivity index (χ0) is 13.6. The van der Waals surface area contributed by atoms with E-state index in [1.165, 1.54) is 0 Å². The molecule has 98 valence electrons.